The Kier molecular flexibility index (Phi) is 2.85. The lowest BCUT2D eigenvalue weighted by atomic mass is 10.3. The molecular weight excluding hydrogens is 273 g/mol. The van der Waals surface area contributed by atoms with Crippen LogP contribution in [0, 0.1) is 5.82 Å². The van der Waals surface area contributed by atoms with Crippen LogP contribution in [0.1, 0.15) is 0 Å². The van der Waals surface area contributed by atoms with Crippen LogP contribution in [0.3, 0.4) is 0 Å². The Labute approximate surface area is 111 Å². The third kappa shape index (κ3) is 1.91. The fraction of sp³-hybridized carbons (Fsp3) is 0. The molecule has 0 aliphatic rings. The standard InChI is InChI=1S/C12H7ClFN3S/c13-8-2-1-3-9(10(8)14)17-11-7-4-5-18-12(7)16-6-15-11/h1-6H,(H,15,16,17). The summed E-state index contributed by atoms with van der Waals surface area (Å²) in [5.41, 5.74) is 0.300. The highest BCUT2D eigenvalue weighted by molar-refractivity contribution is 7.16. The molecule has 2 aromatic heterocycles. The van der Waals surface area contributed by atoms with Crippen molar-refractivity contribution in [3.05, 3.63) is 46.8 Å². The van der Waals surface area contributed by atoms with Crippen LogP contribution >= 0.6 is 22.9 Å². The molecule has 0 spiro atoms. The Morgan fingerprint density at radius 2 is 2.11 bits per heavy atom. The lowest BCUT2D eigenvalue weighted by molar-refractivity contribution is 0.632. The lowest BCUT2D eigenvalue weighted by Crippen LogP contribution is -1.97. The van der Waals surface area contributed by atoms with E-state index in [2.05, 4.69) is 15.3 Å². The summed E-state index contributed by atoms with van der Waals surface area (Å²) < 4.78 is 13.8. The van der Waals surface area contributed by atoms with E-state index in [0.29, 0.717) is 11.5 Å². The van der Waals surface area contributed by atoms with Crippen molar-refractivity contribution in [3.63, 3.8) is 0 Å². The minimum atomic E-state index is -0.485. The molecule has 18 heavy (non-hydrogen) atoms. The molecule has 3 rings (SSSR count). The largest absolute Gasteiger partial charge is 0.337 e. The third-order valence-electron chi connectivity index (χ3n) is 2.47. The topological polar surface area (TPSA) is 37.8 Å². The number of fused-ring (bicyclic) bond motifs is 1. The third-order valence-corrected chi connectivity index (χ3v) is 3.58. The molecule has 90 valence electrons. The van der Waals surface area contributed by atoms with E-state index >= 15 is 0 Å². The van der Waals surface area contributed by atoms with Crippen molar-refractivity contribution >= 4 is 44.7 Å². The van der Waals surface area contributed by atoms with Crippen molar-refractivity contribution in [2.24, 2.45) is 0 Å². The second-order valence-corrected chi connectivity index (χ2v) is 4.89. The molecule has 0 fully saturated rings. The normalized spacial score (nSPS) is 10.8. The molecule has 0 atom stereocenters. The summed E-state index contributed by atoms with van der Waals surface area (Å²) in [6.07, 6.45) is 1.45. The van der Waals surface area contributed by atoms with Crippen LogP contribution in [-0.4, -0.2) is 9.97 Å². The van der Waals surface area contributed by atoms with Crippen LogP contribution in [0.25, 0.3) is 10.2 Å². The fourth-order valence-electron chi connectivity index (χ4n) is 1.62. The SMILES string of the molecule is Fc1c(Cl)cccc1Nc1ncnc2sccc12. The highest BCUT2D eigenvalue weighted by Crippen LogP contribution is 2.29. The van der Waals surface area contributed by atoms with Crippen molar-refractivity contribution < 1.29 is 4.39 Å². The number of nitrogens with zero attached hydrogens (tertiary/aromatic N) is 2. The quantitative estimate of drug-likeness (QED) is 0.763. The average Bonchev–Trinajstić information content (AvgIpc) is 2.84. The summed E-state index contributed by atoms with van der Waals surface area (Å²) >= 11 is 7.24. The van der Waals surface area contributed by atoms with Gasteiger partial charge < -0.3 is 5.32 Å². The number of halogens is 2. The first-order chi connectivity index (χ1) is 8.75. The fourth-order valence-corrected chi connectivity index (χ4v) is 2.52. The molecule has 2 heterocycles. The predicted molar refractivity (Wildman–Crippen MR) is 72.1 cm³/mol. The first kappa shape index (κ1) is 11.4. The molecule has 1 aromatic carbocycles. The summed E-state index contributed by atoms with van der Waals surface area (Å²) in [7, 11) is 0. The van der Waals surface area contributed by atoms with E-state index in [1.54, 1.807) is 12.1 Å². The first-order valence-corrected chi connectivity index (χ1v) is 6.41. The summed E-state index contributed by atoms with van der Waals surface area (Å²) in [5, 5.41) is 5.80. The lowest BCUT2D eigenvalue weighted by Gasteiger charge is -2.08. The smallest absolute Gasteiger partial charge is 0.165 e. The zero-order chi connectivity index (χ0) is 12.5. The molecule has 3 nitrogen and oxygen atoms in total. The average molecular weight is 280 g/mol. The molecule has 0 amide bonds. The summed E-state index contributed by atoms with van der Waals surface area (Å²) in [5.74, 6) is 0.0866. The van der Waals surface area contributed by atoms with Gasteiger partial charge in [0.05, 0.1) is 16.1 Å². The number of aromatic nitrogens is 2. The Bertz CT molecular complexity index is 713. The van der Waals surface area contributed by atoms with Gasteiger partial charge in [-0.05, 0) is 23.6 Å². The molecule has 0 aliphatic heterocycles. The summed E-state index contributed by atoms with van der Waals surface area (Å²) in [4.78, 5) is 9.11. The minimum Gasteiger partial charge on any atom is -0.337 e. The van der Waals surface area contributed by atoms with E-state index in [-0.39, 0.29) is 5.02 Å². The number of thiophene rings is 1. The van der Waals surface area contributed by atoms with Crippen LogP contribution in [0.2, 0.25) is 5.02 Å². The van der Waals surface area contributed by atoms with Crippen LogP contribution < -0.4 is 5.32 Å². The molecule has 0 radical (unpaired) electrons. The second-order valence-electron chi connectivity index (χ2n) is 3.59. The molecule has 0 saturated carbocycles. The zero-order valence-electron chi connectivity index (χ0n) is 9.02. The van der Waals surface area contributed by atoms with Crippen molar-refractivity contribution in [2.75, 3.05) is 5.32 Å². The number of rotatable bonds is 2. The maximum Gasteiger partial charge on any atom is 0.165 e. The molecule has 0 bridgehead atoms. The van der Waals surface area contributed by atoms with E-state index in [4.69, 9.17) is 11.6 Å². The van der Waals surface area contributed by atoms with Gasteiger partial charge in [-0.1, -0.05) is 17.7 Å². The van der Waals surface area contributed by atoms with E-state index in [0.717, 1.165) is 10.2 Å². The first-order valence-electron chi connectivity index (χ1n) is 5.15. The van der Waals surface area contributed by atoms with Gasteiger partial charge in [0.15, 0.2) is 5.82 Å². The molecule has 6 heteroatoms. The van der Waals surface area contributed by atoms with Crippen molar-refractivity contribution in [1.82, 2.24) is 9.97 Å². The minimum absolute atomic E-state index is 0.0793. The Morgan fingerprint density at radius 3 is 3.00 bits per heavy atom. The van der Waals surface area contributed by atoms with Gasteiger partial charge in [0, 0.05) is 0 Å². The highest BCUT2D eigenvalue weighted by atomic mass is 35.5. The van der Waals surface area contributed by atoms with Crippen LogP contribution in [0.5, 0.6) is 0 Å². The van der Waals surface area contributed by atoms with Gasteiger partial charge in [0.2, 0.25) is 0 Å². The van der Waals surface area contributed by atoms with Crippen molar-refractivity contribution in [1.29, 1.82) is 0 Å². The summed E-state index contributed by atoms with van der Waals surface area (Å²) in [6.45, 7) is 0. The second kappa shape index (κ2) is 4.51. The van der Waals surface area contributed by atoms with E-state index < -0.39 is 5.82 Å². The molecule has 0 unspecified atom stereocenters. The van der Waals surface area contributed by atoms with Crippen LogP contribution in [0.4, 0.5) is 15.9 Å². The van der Waals surface area contributed by atoms with Gasteiger partial charge in [0.25, 0.3) is 0 Å². The van der Waals surface area contributed by atoms with Gasteiger partial charge in [-0.3, -0.25) is 0 Å². The Hall–Kier alpha value is -1.72. The van der Waals surface area contributed by atoms with E-state index in [1.165, 1.54) is 23.7 Å². The Balaban J connectivity index is 2.06. The van der Waals surface area contributed by atoms with Gasteiger partial charge in [0.1, 0.15) is 17.0 Å². The molecule has 0 saturated heterocycles. The zero-order valence-corrected chi connectivity index (χ0v) is 10.6. The number of nitrogens with one attached hydrogen (secondary N) is 1. The van der Waals surface area contributed by atoms with Crippen molar-refractivity contribution in [3.8, 4) is 0 Å². The van der Waals surface area contributed by atoms with Gasteiger partial charge >= 0.3 is 0 Å². The number of hydrogen-bond acceptors (Lipinski definition) is 4. The molecule has 1 N–H and O–H groups in total. The molecule has 3 aromatic rings. The monoisotopic (exact) mass is 279 g/mol. The van der Waals surface area contributed by atoms with Gasteiger partial charge in [-0.15, -0.1) is 11.3 Å². The predicted octanol–water partition coefficient (Wildman–Crippen LogP) is 4.23. The maximum atomic E-state index is 13.8. The van der Waals surface area contributed by atoms with E-state index in [9.17, 15) is 4.39 Å². The number of anilines is 2. The molecular formula is C12H7ClFN3S. The molecule has 0 aliphatic carbocycles. The van der Waals surface area contributed by atoms with E-state index in [1.807, 2.05) is 11.4 Å². The number of benzene rings is 1. The van der Waals surface area contributed by atoms with Crippen molar-refractivity contribution in [2.45, 2.75) is 0 Å². The maximum absolute atomic E-state index is 13.8. The highest BCUT2D eigenvalue weighted by Gasteiger charge is 2.09. The van der Waals surface area contributed by atoms with Crippen LogP contribution in [-0.2, 0) is 0 Å². The van der Waals surface area contributed by atoms with Crippen LogP contribution in [0.15, 0.2) is 36.0 Å². The summed E-state index contributed by atoms with van der Waals surface area (Å²) in [6, 6.07) is 6.69. The van der Waals surface area contributed by atoms with Gasteiger partial charge in [-0.2, -0.15) is 0 Å². The Morgan fingerprint density at radius 1 is 1.22 bits per heavy atom. The number of hydrogen-bond donors (Lipinski definition) is 1. The van der Waals surface area contributed by atoms with Gasteiger partial charge in [-0.25, -0.2) is 14.4 Å².